The highest BCUT2D eigenvalue weighted by Crippen LogP contribution is 2.30. The standard InChI is InChI=1S/C19H27NO/c1-6-11-20-18(12-17-10-8-7-9-13(17)2)19-14(3)15(4)21-16(19)5/h7-10,18,20H,6,11-12H2,1-5H3. The zero-order valence-electron chi connectivity index (χ0n) is 13.9. The first-order valence-corrected chi connectivity index (χ1v) is 7.89. The van der Waals surface area contributed by atoms with Crippen molar-refractivity contribution in [2.45, 2.75) is 53.5 Å². The van der Waals surface area contributed by atoms with Crippen LogP contribution in [-0.4, -0.2) is 6.54 Å². The molecule has 0 bridgehead atoms. The number of hydrogen-bond acceptors (Lipinski definition) is 2. The van der Waals surface area contributed by atoms with Gasteiger partial charge >= 0.3 is 0 Å². The Hall–Kier alpha value is -1.54. The molecule has 2 nitrogen and oxygen atoms in total. The van der Waals surface area contributed by atoms with Gasteiger partial charge in [0.25, 0.3) is 0 Å². The molecule has 0 saturated carbocycles. The topological polar surface area (TPSA) is 25.2 Å². The molecule has 0 radical (unpaired) electrons. The minimum Gasteiger partial charge on any atom is -0.466 e. The highest BCUT2D eigenvalue weighted by atomic mass is 16.3. The summed E-state index contributed by atoms with van der Waals surface area (Å²) in [5.41, 5.74) is 5.39. The second-order valence-corrected chi connectivity index (χ2v) is 5.89. The summed E-state index contributed by atoms with van der Waals surface area (Å²) in [6, 6.07) is 8.97. The molecule has 0 spiro atoms. The number of aryl methyl sites for hydroxylation is 3. The Balaban J connectivity index is 2.32. The summed E-state index contributed by atoms with van der Waals surface area (Å²) >= 11 is 0. The van der Waals surface area contributed by atoms with Crippen LogP contribution in [0.1, 0.15) is 53.2 Å². The third-order valence-electron chi connectivity index (χ3n) is 4.29. The minimum absolute atomic E-state index is 0.323. The largest absolute Gasteiger partial charge is 0.466 e. The van der Waals surface area contributed by atoms with Gasteiger partial charge in [0.2, 0.25) is 0 Å². The van der Waals surface area contributed by atoms with Crippen molar-refractivity contribution in [1.29, 1.82) is 0 Å². The van der Waals surface area contributed by atoms with Gasteiger partial charge in [0, 0.05) is 11.6 Å². The van der Waals surface area contributed by atoms with Crippen molar-refractivity contribution >= 4 is 0 Å². The predicted molar refractivity (Wildman–Crippen MR) is 88.8 cm³/mol. The number of hydrogen-bond donors (Lipinski definition) is 1. The summed E-state index contributed by atoms with van der Waals surface area (Å²) in [5, 5.41) is 3.70. The molecular formula is C19H27NO. The minimum atomic E-state index is 0.323. The molecule has 1 aromatic carbocycles. The average Bonchev–Trinajstić information content (AvgIpc) is 2.71. The van der Waals surface area contributed by atoms with Crippen LogP contribution in [0.5, 0.6) is 0 Å². The van der Waals surface area contributed by atoms with E-state index < -0.39 is 0 Å². The summed E-state index contributed by atoms with van der Waals surface area (Å²) in [5.74, 6) is 2.09. The lowest BCUT2D eigenvalue weighted by Crippen LogP contribution is -2.25. The number of nitrogens with one attached hydrogen (secondary N) is 1. The molecule has 1 unspecified atom stereocenters. The highest BCUT2D eigenvalue weighted by Gasteiger charge is 2.21. The summed E-state index contributed by atoms with van der Waals surface area (Å²) in [4.78, 5) is 0. The van der Waals surface area contributed by atoms with Gasteiger partial charge in [-0.2, -0.15) is 0 Å². The van der Waals surface area contributed by atoms with Crippen LogP contribution >= 0.6 is 0 Å². The van der Waals surface area contributed by atoms with Crippen molar-refractivity contribution < 1.29 is 4.42 Å². The van der Waals surface area contributed by atoms with Crippen LogP contribution in [0.2, 0.25) is 0 Å². The van der Waals surface area contributed by atoms with E-state index >= 15 is 0 Å². The molecule has 0 aliphatic carbocycles. The van der Waals surface area contributed by atoms with Crippen molar-refractivity contribution in [3.8, 4) is 0 Å². The fraction of sp³-hybridized carbons (Fsp3) is 0.474. The van der Waals surface area contributed by atoms with E-state index in [-0.39, 0.29) is 0 Å². The summed E-state index contributed by atoms with van der Waals surface area (Å²) in [6.45, 7) is 11.7. The molecule has 0 fully saturated rings. The first-order valence-electron chi connectivity index (χ1n) is 7.89. The molecule has 2 rings (SSSR count). The van der Waals surface area contributed by atoms with E-state index in [0.717, 1.165) is 30.9 Å². The van der Waals surface area contributed by atoms with Crippen molar-refractivity contribution in [1.82, 2.24) is 5.32 Å². The third-order valence-corrected chi connectivity index (χ3v) is 4.29. The fourth-order valence-electron chi connectivity index (χ4n) is 2.98. The molecule has 0 aliphatic rings. The van der Waals surface area contributed by atoms with E-state index in [4.69, 9.17) is 4.42 Å². The van der Waals surface area contributed by atoms with Gasteiger partial charge in [0.1, 0.15) is 11.5 Å². The SMILES string of the molecule is CCCNC(Cc1ccccc1C)c1c(C)oc(C)c1C. The number of rotatable bonds is 6. The molecule has 0 amide bonds. The Kier molecular flexibility index (Phi) is 5.24. The Labute approximate surface area is 128 Å². The molecule has 0 aliphatic heterocycles. The van der Waals surface area contributed by atoms with Crippen molar-refractivity contribution in [3.05, 3.63) is 58.0 Å². The number of benzene rings is 1. The van der Waals surface area contributed by atoms with Crippen molar-refractivity contribution in [2.75, 3.05) is 6.54 Å². The first kappa shape index (κ1) is 15.8. The summed E-state index contributed by atoms with van der Waals surface area (Å²) < 4.78 is 5.83. The van der Waals surface area contributed by atoms with E-state index in [9.17, 15) is 0 Å². The lowest BCUT2D eigenvalue weighted by Gasteiger charge is -2.20. The lowest BCUT2D eigenvalue weighted by molar-refractivity contribution is 0.480. The van der Waals surface area contributed by atoms with E-state index in [1.165, 1.54) is 22.3 Å². The Morgan fingerprint density at radius 2 is 1.76 bits per heavy atom. The molecule has 114 valence electrons. The van der Waals surface area contributed by atoms with Gasteiger partial charge in [-0.3, -0.25) is 0 Å². The molecule has 2 aromatic rings. The van der Waals surface area contributed by atoms with Crippen LogP contribution in [0.4, 0.5) is 0 Å². The van der Waals surface area contributed by atoms with Crippen LogP contribution in [0, 0.1) is 27.7 Å². The third kappa shape index (κ3) is 3.56. The molecule has 1 heterocycles. The summed E-state index contributed by atoms with van der Waals surface area (Å²) in [6.07, 6.45) is 2.15. The maximum atomic E-state index is 5.83. The Morgan fingerprint density at radius 1 is 1.05 bits per heavy atom. The van der Waals surface area contributed by atoms with Gasteiger partial charge < -0.3 is 9.73 Å². The van der Waals surface area contributed by atoms with Gasteiger partial charge in [0.05, 0.1) is 0 Å². The molecule has 21 heavy (non-hydrogen) atoms. The van der Waals surface area contributed by atoms with Gasteiger partial charge in [0.15, 0.2) is 0 Å². The van der Waals surface area contributed by atoms with Crippen LogP contribution in [0.3, 0.4) is 0 Å². The maximum Gasteiger partial charge on any atom is 0.106 e. The van der Waals surface area contributed by atoms with E-state index in [1.807, 2.05) is 0 Å². The van der Waals surface area contributed by atoms with Crippen molar-refractivity contribution in [3.63, 3.8) is 0 Å². The molecule has 0 saturated heterocycles. The van der Waals surface area contributed by atoms with E-state index in [2.05, 4.69) is 64.2 Å². The van der Waals surface area contributed by atoms with Crippen LogP contribution in [-0.2, 0) is 6.42 Å². The number of furan rings is 1. The normalized spacial score (nSPS) is 12.6. The van der Waals surface area contributed by atoms with Crippen molar-refractivity contribution in [2.24, 2.45) is 0 Å². The lowest BCUT2D eigenvalue weighted by atomic mass is 9.93. The van der Waals surface area contributed by atoms with Gasteiger partial charge in [-0.25, -0.2) is 0 Å². The molecule has 1 atom stereocenters. The first-order chi connectivity index (χ1) is 10.0. The van der Waals surface area contributed by atoms with Gasteiger partial charge in [-0.1, -0.05) is 31.2 Å². The molecule has 2 heteroatoms. The smallest absolute Gasteiger partial charge is 0.106 e. The quantitative estimate of drug-likeness (QED) is 0.825. The van der Waals surface area contributed by atoms with Crippen LogP contribution < -0.4 is 5.32 Å². The average molecular weight is 285 g/mol. The zero-order valence-corrected chi connectivity index (χ0v) is 13.9. The summed E-state index contributed by atoms with van der Waals surface area (Å²) in [7, 11) is 0. The predicted octanol–water partition coefficient (Wildman–Crippen LogP) is 4.80. The fourth-order valence-corrected chi connectivity index (χ4v) is 2.98. The molecular weight excluding hydrogens is 258 g/mol. The Morgan fingerprint density at radius 3 is 2.33 bits per heavy atom. The zero-order chi connectivity index (χ0) is 15.4. The maximum absolute atomic E-state index is 5.83. The van der Waals surface area contributed by atoms with Crippen LogP contribution in [0.25, 0.3) is 0 Å². The van der Waals surface area contributed by atoms with Gasteiger partial charge in [-0.15, -0.1) is 0 Å². The highest BCUT2D eigenvalue weighted by molar-refractivity contribution is 5.36. The second-order valence-electron chi connectivity index (χ2n) is 5.89. The van der Waals surface area contributed by atoms with E-state index in [0.29, 0.717) is 6.04 Å². The Bertz CT molecular complexity index is 598. The molecule has 1 aromatic heterocycles. The molecule has 1 N–H and O–H groups in total. The van der Waals surface area contributed by atoms with E-state index in [1.54, 1.807) is 0 Å². The monoisotopic (exact) mass is 285 g/mol. The van der Waals surface area contributed by atoms with Gasteiger partial charge in [-0.05, 0) is 63.8 Å². The second kappa shape index (κ2) is 6.95. The van der Waals surface area contributed by atoms with Crippen LogP contribution in [0.15, 0.2) is 28.7 Å².